The fraction of sp³-hybridized carbons (Fsp3) is 1.00. The largest absolute Gasteiger partial charge is 0.680 e. The van der Waals surface area contributed by atoms with Gasteiger partial charge in [-0.25, -0.2) is 0 Å². The molecule has 4 nitrogen and oxygen atoms in total. The molecule has 1 aliphatic rings. The van der Waals surface area contributed by atoms with Crippen LogP contribution in [0.4, 0.5) is 0 Å². The average Bonchev–Trinajstić information content (AvgIpc) is 1.99. The van der Waals surface area contributed by atoms with Crippen molar-refractivity contribution >= 4 is 9.05 Å². The molecule has 0 aromatic heterocycles. The van der Waals surface area contributed by atoms with E-state index in [9.17, 15) is 0 Å². The van der Waals surface area contributed by atoms with Gasteiger partial charge in [-0.2, -0.15) is 0 Å². The number of rotatable bonds is 4. The van der Waals surface area contributed by atoms with E-state index in [1.807, 2.05) is 34.6 Å². The Hall–Kier alpha value is 0.0569. The van der Waals surface area contributed by atoms with Crippen LogP contribution in [0.3, 0.4) is 0 Å². The molecule has 1 rings (SSSR count). The lowest BCUT2D eigenvalue weighted by molar-refractivity contribution is -0.141. The van der Waals surface area contributed by atoms with Crippen LogP contribution in [0.1, 0.15) is 41.0 Å². The second kappa shape index (κ2) is 4.93. The van der Waals surface area contributed by atoms with Gasteiger partial charge in [0.1, 0.15) is 0 Å². The molecule has 1 aliphatic heterocycles. The van der Waals surface area contributed by atoms with E-state index >= 15 is 0 Å². The maximum absolute atomic E-state index is 5.88. The van der Waals surface area contributed by atoms with Crippen molar-refractivity contribution in [1.29, 1.82) is 0 Å². The van der Waals surface area contributed by atoms with Gasteiger partial charge in [0, 0.05) is 13.2 Å². The SMILES string of the molecule is CCO[Si]1(OCC)OC(C)CC(C)(C)O1. The summed E-state index contributed by atoms with van der Waals surface area (Å²) in [4.78, 5) is 0. The molecule has 0 radical (unpaired) electrons. The second-order valence-electron chi connectivity index (χ2n) is 4.36. The molecule has 0 aromatic carbocycles. The Morgan fingerprint density at radius 2 is 1.80 bits per heavy atom. The van der Waals surface area contributed by atoms with E-state index in [1.54, 1.807) is 0 Å². The maximum atomic E-state index is 5.88. The summed E-state index contributed by atoms with van der Waals surface area (Å²) in [6, 6.07) is 0. The minimum Gasteiger partial charge on any atom is -0.351 e. The molecule has 0 spiro atoms. The van der Waals surface area contributed by atoms with Crippen LogP contribution in [0.25, 0.3) is 0 Å². The standard InChI is InChI=1S/C10H22O4Si/c1-6-11-15(12-7-2)13-9(3)8-10(4,5)14-15/h9H,6-8H2,1-5H3. The van der Waals surface area contributed by atoms with Crippen LogP contribution in [-0.2, 0) is 17.7 Å². The topological polar surface area (TPSA) is 36.9 Å². The Morgan fingerprint density at radius 1 is 1.27 bits per heavy atom. The summed E-state index contributed by atoms with van der Waals surface area (Å²) >= 11 is 0. The predicted molar refractivity (Wildman–Crippen MR) is 59.3 cm³/mol. The zero-order valence-corrected chi connectivity index (χ0v) is 11.3. The van der Waals surface area contributed by atoms with Gasteiger partial charge in [-0.1, -0.05) is 0 Å². The smallest absolute Gasteiger partial charge is 0.351 e. The molecule has 0 aliphatic carbocycles. The highest BCUT2D eigenvalue weighted by Crippen LogP contribution is 2.32. The third-order valence-corrected chi connectivity index (χ3v) is 4.95. The van der Waals surface area contributed by atoms with Gasteiger partial charge < -0.3 is 17.7 Å². The lowest BCUT2D eigenvalue weighted by Gasteiger charge is -2.43. The lowest BCUT2D eigenvalue weighted by atomic mass is 10.0. The van der Waals surface area contributed by atoms with Gasteiger partial charge in [0.25, 0.3) is 0 Å². The molecule has 1 unspecified atom stereocenters. The van der Waals surface area contributed by atoms with E-state index in [4.69, 9.17) is 17.7 Å². The van der Waals surface area contributed by atoms with E-state index in [-0.39, 0.29) is 11.7 Å². The van der Waals surface area contributed by atoms with Crippen molar-refractivity contribution < 1.29 is 17.7 Å². The second-order valence-corrected chi connectivity index (χ2v) is 6.38. The van der Waals surface area contributed by atoms with Crippen molar-refractivity contribution in [2.24, 2.45) is 0 Å². The summed E-state index contributed by atoms with van der Waals surface area (Å²) in [5.74, 6) is 0. The van der Waals surface area contributed by atoms with Crippen LogP contribution in [0.5, 0.6) is 0 Å². The molecular formula is C10H22O4Si. The van der Waals surface area contributed by atoms with Crippen molar-refractivity contribution in [3.05, 3.63) is 0 Å². The third-order valence-electron chi connectivity index (χ3n) is 2.17. The van der Waals surface area contributed by atoms with Gasteiger partial charge >= 0.3 is 9.05 Å². The Bertz CT molecular complexity index is 202. The Labute approximate surface area is 93.3 Å². The molecule has 0 saturated carbocycles. The van der Waals surface area contributed by atoms with Gasteiger partial charge in [-0.05, 0) is 41.0 Å². The van der Waals surface area contributed by atoms with Crippen LogP contribution in [0.15, 0.2) is 0 Å². The Morgan fingerprint density at radius 3 is 2.20 bits per heavy atom. The van der Waals surface area contributed by atoms with Crippen LogP contribution >= 0.6 is 0 Å². The number of hydrogen-bond acceptors (Lipinski definition) is 4. The first-order valence-electron chi connectivity index (χ1n) is 5.59. The Balaban J connectivity index is 2.76. The van der Waals surface area contributed by atoms with E-state index in [0.29, 0.717) is 13.2 Å². The molecule has 1 fully saturated rings. The van der Waals surface area contributed by atoms with Gasteiger partial charge in [0.15, 0.2) is 0 Å². The molecule has 0 aromatic rings. The van der Waals surface area contributed by atoms with Crippen molar-refractivity contribution in [3.63, 3.8) is 0 Å². The van der Waals surface area contributed by atoms with Crippen LogP contribution in [0, 0.1) is 0 Å². The summed E-state index contributed by atoms with van der Waals surface area (Å²) in [6.45, 7) is 11.1. The van der Waals surface area contributed by atoms with Crippen molar-refractivity contribution in [3.8, 4) is 0 Å². The molecule has 15 heavy (non-hydrogen) atoms. The maximum Gasteiger partial charge on any atom is 0.680 e. The molecule has 1 heterocycles. The highest BCUT2D eigenvalue weighted by Gasteiger charge is 2.54. The normalized spacial score (nSPS) is 29.0. The summed E-state index contributed by atoms with van der Waals surface area (Å²) < 4.78 is 22.8. The zero-order valence-electron chi connectivity index (χ0n) is 10.3. The van der Waals surface area contributed by atoms with Crippen LogP contribution in [0.2, 0.25) is 0 Å². The van der Waals surface area contributed by atoms with E-state index in [1.165, 1.54) is 0 Å². The van der Waals surface area contributed by atoms with E-state index in [0.717, 1.165) is 6.42 Å². The molecular weight excluding hydrogens is 212 g/mol. The highest BCUT2D eigenvalue weighted by atomic mass is 28.4. The molecule has 0 bridgehead atoms. The summed E-state index contributed by atoms with van der Waals surface area (Å²) in [7, 11) is -2.88. The monoisotopic (exact) mass is 234 g/mol. The van der Waals surface area contributed by atoms with Gasteiger partial charge in [-0.15, -0.1) is 0 Å². The first-order valence-corrected chi connectivity index (χ1v) is 7.22. The molecule has 1 saturated heterocycles. The summed E-state index contributed by atoms with van der Waals surface area (Å²) in [6.07, 6.45) is 0.987. The minimum atomic E-state index is -2.88. The van der Waals surface area contributed by atoms with Crippen molar-refractivity contribution in [1.82, 2.24) is 0 Å². The fourth-order valence-electron chi connectivity index (χ4n) is 1.91. The van der Waals surface area contributed by atoms with E-state index < -0.39 is 9.05 Å². The molecule has 0 N–H and O–H groups in total. The molecule has 5 heteroatoms. The van der Waals surface area contributed by atoms with Gasteiger partial charge in [0.05, 0.1) is 11.7 Å². The van der Waals surface area contributed by atoms with Crippen molar-refractivity contribution in [2.75, 3.05) is 13.2 Å². The molecule has 90 valence electrons. The quantitative estimate of drug-likeness (QED) is 0.698. The average molecular weight is 234 g/mol. The first kappa shape index (κ1) is 13.1. The summed E-state index contributed by atoms with van der Waals surface area (Å²) in [5, 5.41) is 0. The van der Waals surface area contributed by atoms with Gasteiger partial charge in [0.2, 0.25) is 0 Å². The molecule has 0 amide bonds. The third kappa shape index (κ3) is 3.53. The first-order chi connectivity index (χ1) is 6.93. The van der Waals surface area contributed by atoms with E-state index in [2.05, 4.69) is 0 Å². The van der Waals surface area contributed by atoms with Gasteiger partial charge in [-0.3, -0.25) is 0 Å². The zero-order chi connectivity index (χ0) is 11.5. The summed E-state index contributed by atoms with van der Waals surface area (Å²) in [5.41, 5.74) is -0.228. The predicted octanol–water partition coefficient (Wildman–Crippen LogP) is 2.10. The lowest BCUT2D eigenvalue weighted by Crippen LogP contribution is -2.60. The van der Waals surface area contributed by atoms with Crippen molar-refractivity contribution in [2.45, 2.75) is 52.7 Å². The molecule has 1 atom stereocenters. The van der Waals surface area contributed by atoms with Crippen LogP contribution in [-0.4, -0.2) is 34.0 Å². The highest BCUT2D eigenvalue weighted by molar-refractivity contribution is 6.53. The number of hydrogen-bond donors (Lipinski definition) is 0. The minimum absolute atomic E-state index is 0.124. The van der Waals surface area contributed by atoms with Crippen LogP contribution < -0.4 is 0 Å². The Kier molecular flexibility index (Phi) is 4.31. The fourth-order valence-corrected chi connectivity index (χ4v) is 4.34.